The van der Waals surface area contributed by atoms with Crippen molar-refractivity contribution in [2.24, 2.45) is 17.1 Å². The molecule has 0 spiro atoms. The van der Waals surface area contributed by atoms with Crippen LogP contribution in [0.1, 0.15) is 57.8 Å². The zero-order valence-corrected chi connectivity index (χ0v) is 21.5. The molecule has 1 amide bonds. The van der Waals surface area contributed by atoms with Gasteiger partial charge in [0.05, 0.1) is 0 Å². The molecule has 212 valence electrons. The van der Waals surface area contributed by atoms with E-state index in [0.717, 1.165) is 49.7 Å². The van der Waals surface area contributed by atoms with Crippen molar-refractivity contribution in [2.75, 3.05) is 11.4 Å². The van der Waals surface area contributed by atoms with Gasteiger partial charge in [-0.25, -0.2) is 0 Å². The van der Waals surface area contributed by atoms with E-state index in [9.17, 15) is 31.9 Å². The number of amides is 1. The largest absolute Gasteiger partial charge is 0.435 e. The molecule has 0 aromatic heterocycles. The summed E-state index contributed by atoms with van der Waals surface area (Å²) in [7, 11) is 0. The third-order valence-corrected chi connectivity index (χ3v) is 9.07. The summed E-state index contributed by atoms with van der Waals surface area (Å²) in [5.41, 5.74) is 5.63. The van der Waals surface area contributed by atoms with E-state index in [0.29, 0.717) is 12.2 Å². The second kappa shape index (κ2) is 10.0. The molecule has 6 rings (SSSR count). The smallest absolute Gasteiger partial charge is 0.417 e. The lowest BCUT2D eigenvalue weighted by molar-refractivity contribution is -0.298. The Balaban J connectivity index is 1.38. The summed E-state index contributed by atoms with van der Waals surface area (Å²) in [4.78, 5) is 15.4. The maximum atomic E-state index is 13.7. The van der Waals surface area contributed by atoms with Crippen molar-refractivity contribution in [2.45, 2.75) is 81.7 Å². The van der Waals surface area contributed by atoms with E-state index in [1.807, 2.05) is 12.1 Å². The first kappa shape index (κ1) is 27.8. The molecule has 4 aliphatic carbocycles. The second-order valence-electron chi connectivity index (χ2n) is 11.8. The Morgan fingerprint density at radius 2 is 1.62 bits per heavy atom. The maximum Gasteiger partial charge on any atom is 0.417 e. The third-order valence-electron chi connectivity index (χ3n) is 9.07. The Morgan fingerprint density at radius 1 is 1.00 bits per heavy atom. The van der Waals surface area contributed by atoms with Crippen LogP contribution in [0.5, 0.6) is 5.75 Å². The molecule has 2 aromatic carbocycles. The van der Waals surface area contributed by atoms with Gasteiger partial charge in [0.2, 0.25) is 5.91 Å². The first-order chi connectivity index (χ1) is 18.3. The van der Waals surface area contributed by atoms with Crippen molar-refractivity contribution in [1.82, 2.24) is 0 Å². The second-order valence-corrected chi connectivity index (χ2v) is 11.8. The van der Waals surface area contributed by atoms with Crippen LogP contribution in [-0.2, 0) is 4.79 Å². The summed E-state index contributed by atoms with van der Waals surface area (Å²) >= 11 is 0. The number of nitrogens with two attached hydrogens (primary N) is 1. The predicted molar refractivity (Wildman–Crippen MR) is 136 cm³/mol. The summed E-state index contributed by atoms with van der Waals surface area (Å²) < 4.78 is 68.9. The van der Waals surface area contributed by atoms with Crippen LogP contribution in [0.2, 0.25) is 0 Å². The van der Waals surface area contributed by atoms with Crippen molar-refractivity contribution >= 4 is 11.6 Å². The van der Waals surface area contributed by atoms with Crippen LogP contribution in [0.25, 0.3) is 11.1 Å². The number of nitrogens with zero attached hydrogens (tertiary/aromatic N) is 1. The normalized spacial score (nSPS) is 30.2. The molecular formula is C29H33F5N2O3. The lowest BCUT2D eigenvalue weighted by Gasteiger charge is -2.53. The zero-order chi connectivity index (χ0) is 28.1. The van der Waals surface area contributed by atoms with Gasteiger partial charge in [-0.3, -0.25) is 4.79 Å². The highest BCUT2D eigenvalue weighted by Gasteiger charge is 2.61. The molecule has 0 unspecified atom stereocenters. The average Bonchev–Trinajstić information content (AvgIpc) is 2.87. The van der Waals surface area contributed by atoms with E-state index >= 15 is 0 Å². The number of alkyl halides is 5. The third kappa shape index (κ3) is 5.77. The van der Waals surface area contributed by atoms with Crippen molar-refractivity contribution < 1.29 is 36.6 Å². The number of carbonyl (C=O) groups excluding carboxylic acids is 1. The Bertz CT molecular complexity index is 1170. The highest BCUT2D eigenvalue weighted by atomic mass is 19.4. The molecule has 0 aliphatic heterocycles. The fourth-order valence-electron chi connectivity index (χ4n) is 6.50. The van der Waals surface area contributed by atoms with Gasteiger partial charge in [-0.2, -0.15) is 22.0 Å². The number of carbonyl (C=O) groups is 1. The number of anilines is 1. The SMILES string of the molecule is NC12CCC(CN(C(=O)CC3CC(O)(C(F)(F)F)C3)c3cccc(-c4ccc(OC(F)F)cc4)c3)(CC1)CC2. The van der Waals surface area contributed by atoms with Gasteiger partial charge >= 0.3 is 12.8 Å². The number of hydrogen-bond acceptors (Lipinski definition) is 4. The van der Waals surface area contributed by atoms with Gasteiger partial charge in [-0.15, -0.1) is 0 Å². The van der Waals surface area contributed by atoms with Crippen molar-refractivity contribution in [3.05, 3.63) is 48.5 Å². The molecule has 4 saturated carbocycles. The lowest BCUT2D eigenvalue weighted by atomic mass is 9.57. The van der Waals surface area contributed by atoms with E-state index in [2.05, 4.69) is 4.74 Å². The predicted octanol–water partition coefficient (Wildman–Crippen LogP) is 6.43. The maximum absolute atomic E-state index is 13.7. The number of ether oxygens (including phenoxy) is 1. The first-order valence-electron chi connectivity index (χ1n) is 13.3. The van der Waals surface area contributed by atoms with Crippen LogP contribution in [0.15, 0.2) is 48.5 Å². The fraction of sp³-hybridized carbons (Fsp3) is 0.552. The fourth-order valence-corrected chi connectivity index (χ4v) is 6.50. The molecule has 10 heteroatoms. The van der Waals surface area contributed by atoms with Gasteiger partial charge in [0.1, 0.15) is 5.75 Å². The Kier molecular flexibility index (Phi) is 7.16. The minimum atomic E-state index is -4.71. The van der Waals surface area contributed by atoms with Gasteiger partial charge in [-0.05, 0) is 98.1 Å². The Morgan fingerprint density at radius 3 is 2.18 bits per heavy atom. The Labute approximate surface area is 224 Å². The minimum absolute atomic E-state index is 0.0331. The van der Waals surface area contributed by atoms with Gasteiger partial charge in [0.25, 0.3) is 0 Å². The molecule has 2 bridgehead atoms. The van der Waals surface area contributed by atoms with E-state index in [1.54, 1.807) is 29.2 Å². The summed E-state index contributed by atoms with van der Waals surface area (Å²) in [6, 6.07) is 13.5. The Hall–Kier alpha value is -2.72. The molecule has 5 nitrogen and oxygen atoms in total. The van der Waals surface area contributed by atoms with Gasteiger partial charge in [0, 0.05) is 24.2 Å². The van der Waals surface area contributed by atoms with E-state index < -0.39 is 37.1 Å². The van der Waals surface area contributed by atoms with Crippen LogP contribution in [0, 0.1) is 11.3 Å². The van der Waals surface area contributed by atoms with E-state index in [4.69, 9.17) is 5.73 Å². The van der Waals surface area contributed by atoms with Crippen molar-refractivity contribution in [3.8, 4) is 16.9 Å². The molecular weight excluding hydrogens is 519 g/mol. The van der Waals surface area contributed by atoms with Crippen LogP contribution in [0.3, 0.4) is 0 Å². The number of halogens is 5. The zero-order valence-electron chi connectivity index (χ0n) is 21.5. The molecule has 0 heterocycles. The van der Waals surface area contributed by atoms with Crippen LogP contribution in [-0.4, -0.2) is 41.5 Å². The molecule has 0 saturated heterocycles. The summed E-state index contributed by atoms with van der Waals surface area (Å²) in [6.45, 7) is -2.48. The van der Waals surface area contributed by atoms with Crippen LogP contribution in [0.4, 0.5) is 27.6 Å². The quantitative estimate of drug-likeness (QED) is 0.370. The highest BCUT2D eigenvalue weighted by molar-refractivity contribution is 5.94. The van der Waals surface area contributed by atoms with Crippen LogP contribution < -0.4 is 15.4 Å². The number of rotatable bonds is 8. The monoisotopic (exact) mass is 552 g/mol. The van der Waals surface area contributed by atoms with Gasteiger partial charge < -0.3 is 20.5 Å². The van der Waals surface area contributed by atoms with Crippen molar-refractivity contribution in [3.63, 3.8) is 0 Å². The van der Waals surface area contributed by atoms with Crippen LogP contribution >= 0.6 is 0 Å². The molecule has 39 heavy (non-hydrogen) atoms. The highest BCUT2D eigenvalue weighted by Crippen LogP contribution is 2.53. The van der Waals surface area contributed by atoms with Crippen molar-refractivity contribution in [1.29, 1.82) is 0 Å². The summed E-state index contributed by atoms with van der Waals surface area (Å²) in [6.07, 6.45) is -0.473. The average molecular weight is 553 g/mol. The summed E-state index contributed by atoms with van der Waals surface area (Å²) in [5.74, 6) is -0.790. The number of benzene rings is 2. The van der Waals surface area contributed by atoms with Gasteiger partial charge in [0.15, 0.2) is 5.60 Å². The topological polar surface area (TPSA) is 75.8 Å². The van der Waals surface area contributed by atoms with Gasteiger partial charge in [-0.1, -0.05) is 24.3 Å². The standard InChI is InChI=1S/C29H33F5N2O3/c30-25(31)39-23-6-4-20(5-7-23)21-2-1-3-22(15-21)36(18-26-8-11-27(35,12-9-26)13-10-26)24(37)14-19-16-28(38,17-19)29(32,33)34/h1-7,15,19,25,38H,8-14,16-18,35H2. The van der Waals surface area contributed by atoms with E-state index in [-0.39, 0.29) is 29.0 Å². The molecule has 4 aliphatic rings. The number of fused-ring (bicyclic) bond motifs is 3. The first-order valence-corrected chi connectivity index (χ1v) is 13.3. The molecule has 0 atom stereocenters. The molecule has 2 aromatic rings. The number of hydrogen-bond donors (Lipinski definition) is 2. The van der Waals surface area contributed by atoms with E-state index in [1.165, 1.54) is 12.1 Å². The lowest BCUT2D eigenvalue weighted by Crippen LogP contribution is -2.57. The minimum Gasteiger partial charge on any atom is -0.435 e. The molecule has 3 N–H and O–H groups in total. The number of aliphatic hydroxyl groups is 1. The molecule has 0 radical (unpaired) electrons. The molecule has 4 fully saturated rings. The summed E-state index contributed by atoms with van der Waals surface area (Å²) in [5, 5.41) is 9.87.